The van der Waals surface area contributed by atoms with Crippen LogP contribution in [-0.2, 0) is 6.42 Å². The van der Waals surface area contributed by atoms with Crippen molar-refractivity contribution in [3.8, 4) is 5.75 Å². The number of halogens is 1. The molecule has 3 rings (SSSR count). The topological polar surface area (TPSA) is 52.3 Å². The first-order chi connectivity index (χ1) is 9.15. The molecule has 0 saturated heterocycles. The molecule has 1 heterocycles. The second kappa shape index (κ2) is 4.39. The first-order valence-electron chi connectivity index (χ1n) is 5.99. The number of carbonyl (C=O) groups excluding carboxylic acids is 1. The molecular weight excluding hydrogens is 245 g/mol. The fourth-order valence-electron chi connectivity index (χ4n) is 2.19. The van der Waals surface area contributed by atoms with Crippen LogP contribution in [0.25, 0.3) is 0 Å². The van der Waals surface area contributed by atoms with Crippen LogP contribution in [0.3, 0.4) is 0 Å². The number of para-hydroxylation sites is 1. The number of nitrogens with two attached hydrogens (primary N) is 1. The van der Waals surface area contributed by atoms with Gasteiger partial charge in [-0.25, -0.2) is 4.39 Å². The highest BCUT2D eigenvalue weighted by molar-refractivity contribution is 6.00. The van der Waals surface area contributed by atoms with E-state index in [0.717, 1.165) is 17.4 Å². The Labute approximate surface area is 109 Å². The molecule has 0 fully saturated rings. The molecule has 1 aliphatic rings. The molecule has 1 unspecified atom stereocenters. The minimum absolute atomic E-state index is 0.0344. The van der Waals surface area contributed by atoms with Gasteiger partial charge < -0.3 is 10.5 Å². The summed E-state index contributed by atoms with van der Waals surface area (Å²) in [5.41, 5.74) is 6.71. The number of ketones is 1. The number of hydrogen-bond donors (Lipinski definition) is 1. The standard InChI is InChI=1S/C15H12FNO2/c16-11-7-10(5-6-12(11)17)15(18)14-8-9-3-1-2-4-13(9)19-14/h1-7,14H,8,17H2. The summed E-state index contributed by atoms with van der Waals surface area (Å²) >= 11 is 0. The van der Waals surface area contributed by atoms with Crippen LogP contribution in [0.15, 0.2) is 42.5 Å². The van der Waals surface area contributed by atoms with Gasteiger partial charge in [0.1, 0.15) is 11.6 Å². The van der Waals surface area contributed by atoms with Crippen LogP contribution >= 0.6 is 0 Å². The van der Waals surface area contributed by atoms with E-state index in [1.165, 1.54) is 12.1 Å². The van der Waals surface area contributed by atoms with Crippen LogP contribution in [0, 0.1) is 5.82 Å². The number of anilines is 1. The Morgan fingerprint density at radius 1 is 1.26 bits per heavy atom. The Morgan fingerprint density at radius 2 is 2.05 bits per heavy atom. The summed E-state index contributed by atoms with van der Waals surface area (Å²) in [5, 5.41) is 0. The number of carbonyl (C=O) groups is 1. The first-order valence-corrected chi connectivity index (χ1v) is 5.99. The van der Waals surface area contributed by atoms with Crippen molar-refractivity contribution >= 4 is 11.5 Å². The SMILES string of the molecule is Nc1ccc(C(=O)C2Cc3ccccc3O2)cc1F. The lowest BCUT2D eigenvalue weighted by atomic mass is 10.0. The molecule has 96 valence electrons. The summed E-state index contributed by atoms with van der Waals surface area (Å²) in [6, 6.07) is 11.6. The van der Waals surface area contributed by atoms with Gasteiger partial charge >= 0.3 is 0 Å². The van der Waals surface area contributed by atoms with Gasteiger partial charge in [0.25, 0.3) is 0 Å². The lowest BCUT2D eigenvalue weighted by molar-refractivity contribution is 0.0824. The zero-order valence-electron chi connectivity index (χ0n) is 10.1. The smallest absolute Gasteiger partial charge is 0.203 e. The maximum absolute atomic E-state index is 13.4. The van der Waals surface area contributed by atoms with Gasteiger partial charge in [-0.2, -0.15) is 0 Å². The van der Waals surface area contributed by atoms with E-state index in [9.17, 15) is 9.18 Å². The van der Waals surface area contributed by atoms with E-state index in [1.807, 2.05) is 24.3 Å². The van der Waals surface area contributed by atoms with E-state index < -0.39 is 11.9 Å². The van der Waals surface area contributed by atoms with Gasteiger partial charge in [0.15, 0.2) is 6.10 Å². The third kappa shape index (κ3) is 2.05. The number of benzene rings is 2. The van der Waals surface area contributed by atoms with Crippen LogP contribution < -0.4 is 10.5 Å². The number of nitrogen functional groups attached to an aromatic ring is 1. The molecule has 2 aromatic rings. The van der Waals surface area contributed by atoms with Crippen LogP contribution in [0.4, 0.5) is 10.1 Å². The molecule has 0 saturated carbocycles. The summed E-state index contributed by atoms with van der Waals surface area (Å²) < 4.78 is 19.0. The molecule has 1 aliphatic heterocycles. The van der Waals surface area contributed by atoms with Crippen molar-refractivity contribution in [2.45, 2.75) is 12.5 Å². The van der Waals surface area contributed by atoms with Crippen molar-refractivity contribution in [3.05, 3.63) is 59.4 Å². The molecule has 0 amide bonds. The maximum atomic E-state index is 13.4. The lowest BCUT2D eigenvalue weighted by Gasteiger charge is -2.10. The summed E-state index contributed by atoms with van der Waals surface area (Å²) in [6.07, 6.45) is -0.0681. The summed E-state index contributed by atoms with van der Waals surface area (Å²) in [5.74, 6) is -0.0896. The Morgan fingerprint density at radius 3 is 2.79 bits per heavy atom. The zero-order chi connectivity index (χ0) is 13.4. The van der Waals surface area contributed by atoms with Crippen LogP contribution in [0.5, 0.6) is 5.75 Å². The fourth-order valence-corrected chi connectivity index (χ4v) is 2.19. The van der Waals surface area contributed by atoms with Gasteiger partial charge in [-0.3, -0.25) is 4.79 Å². The van der Waals surface area contributed by atoms with Crippen LogP contribution in [0.1, 0.15) is 15.9 Å². The van der Waals surface area contributed by atoms with Crippen LogP contribution in [0.2, 0.25) is 0 Å². The lowest BCUT2D eigenvalue weighted by Crippen LogP contribution is -2.25. The predicted octanol–water partition coefficient (Wildman–Crippen LogP) is 2.59. The molecule has 0 spiro atoms. The highest BCUT2D eigenvalue weighted by Crippen LogP contribution is 2.29. The third-order valence-corrected chi connectivity index (χ3v) is 3.22. The fraction of sp³-hybridized carbons (Fsp3) is 0.133. The van der Waals surface area contributed by atoms with E-state index in [0.29, 0.717) is 6.42 Å². The molecule has 4 heteroatoms. The molecule has 0 aromatic heterocycles. The average molecular weight is 257 g/mol. The van der Waals surface area contributed by atoms with E-state index in [-0.39, 0.29) is 17.0 Å². The number of hydrogen-bond acceptors (Lipinski definition) is 3. The molecule has 2 aromatic carbocycles. The van der Waals surface area contributed by atoms with Crippen LogP contribution in [-0.4, -0.2) is 11.9 Å². The molecule has 2 N–H and O–H groups in total. The van der Waals surface area contributed by atoms with Crippen molar-refractivity contribution < 1.29 is 13.9 Å². The highest BCUT2D eigenvalue weighted by Gasteiger charge is 2.29. The zero-order valence-corrected chi connectivity index (χ0v) is 10.1. The van der Waals surface area contributed by atoms with E-state index >= 15 is 0 Å². The van der Waals surface area contributed by atoms with E-state index in [1.54, 1.807) is 0 Å². The summed E-state index contributed by atoms with van der Waals surface area (Å²) in [7, 11) is 0. The van der Waals surface area contributed by atoms with Gasteiger partial charge in [0.05, 0.1) is 5.69 Å². The quantitative estimate of drug-likeness (QED) is 0.664. The molecule has 3 nitrogen and oxygen atoms in total. The van der Waals surface area contributed by atoms with Gasteiger partial charge in [-0.05, 0) is 29.8 Å². The van der Waals surface area contributed by atoms with Gasteiger partial charge in [0.2, 0.25) is 5.78 Å². The second-order valence-corrected chi connectivity index (χ2v) is 4.52. The Kier molecular flexibility index (Phi) is 2.71. The number of Topliss-reactive ketones (excluding diaryl/α,β-unsaturated/α-hetero) is 1. The molecule has 0 aliphatic carbocycles. The first kappa shape index (κ1) is 11.7. The maximum Gasteiger partial charge on any atom is 0.203 e. The van der Waals surface area contributed by atoms with Gasteiger partial charge in [0, 0.05) is 12.0 Å². The largest absolute Gasteiger partial charge is 0.482 e. The normalized spacial score (nSPS) is 16.8. The Bertz CT molecular complexity index is 629. The minimum Gasteiger partial charge on any atom is -0.482 e. The molecule has 19 heavy (non-hydrogen) atoms. The number of rotatable bonds is 2. The van der Waals surface area contributed by atoms with Crippen molar-refractivity contribution in [3.63, 3.8) is 0 Å². The Hall–Kier alpha value is -2.36. The second-order valence-electron chi connectivity index (χ2n) is 4.52. The molecule has 1 atom stereocenters. The van der Waals surface area contributed by atoms with Crippen molar-refractivity contribution in [1.82, 2.24) is 0 Å². The van der Waals surface area contributed by atoms with E-state index in [2.05, 4.69) is 0 Å². The predicted molar refractivity (Wildman–Crippen MR) is 69.7 cm³/mol. The Balaban J connectivity index is 1.85. The van der Waals surface area contributed by atoms with Crippen molar-refractivity contribution in [1.29, 1.82) is 0 Å². The van der Waals surface area contributed by atoms with Gasteiger partial charge in [-0.15, -0.1) is 0 Å². The summed E-state index contributed by atoms with van der Waals surface area (Å²) in [4.78, 5) is 12.2. The molecular formula is C15H12FNO2. The highest BCUT2D eigenvalue weighted by atomic mass is 19.1. The molecule has 0 radical (unpaired) electrons. The monoisotopic (exact) mass is 257 g/mol. The summed E-state index contributed by atoms with van der Waals surface area (Å²) in [6.45, 7) is 0. The van der Waals surface area contributed by atoms with E-state index in [4.69, 9.17) is 10.5 Å². The van der Waals surface area contributed by atoms with Crippen molar-refractivity contribution in [2.75, 3.05) is 5.73 Å². The average Bonchev–Trinajstić information content (AvgIpc) is 2.85. The minimum atomic E-state index is -0.583. The van der Waals surface area contributed by atoms with Gasteiger partial charge in [-0.1, -0.05) is 18.2 Å². The number of ether oxygens (including phenoxy) is 1. The number of fused-ring (bicyclic) bond motifs is 1. The molecule has 0 bridgehead atoms. The third-order valence-electron chi connectivity index (χ3n) is 3.22. The van der Waals surface area contributed by atoms with Crippen molar-refractivity contribution in [2.24, 2.45) is 0 Å².